The van der Waals surface area contributed by atoms with Crippen LogP contribution in [0.4, 0.5) is 29.9 Å². The van der Waals surface area contributed by atoms with Crippen molar-refractivity contribution in [3.05, 3.63) is 76.7 Å². The third kappa shape index (κ3) is 5.10. The highest BCUT2D eigenvalue weighted by molar-refractivity contribution is 7.16. The third-order valence-electron chi connectivity index (χ3n) is 6.20. The van der Waals surface area contributed by atoms with Gasteiger partial charge in [0.25, 0.3) is 11.8 Å². The molecular weight excluding hydrogens is 533 g/mol. The molecule has 1 amide bonds. The maximum atomic E-state index is 13.6. The lowest BCUT2D eigenvalue weighted by atomic mass is 10.0. The molecule has 4 heterocycles. The van der Waals surface area contributed by atoms with Crippen LogP contribution in [-0.4, -0.2) is 54.3 Å². The molecule has 0 spiro atoms. The maximum absolute atomic E-state index is 13.6. The standard InChI is InChI=1S/C26H21F3N6O3S/c27-26(28,29)19-14-17(24(39-19)35-10-12-37-13-11-35)23-33-34-25(38-23)32-21-22(36)30-18-9-5-4-8-16(18)20(31-21)15-6-2-1-3-7-15/h1-9,14,21H,10-13H2,(H,30,36)(H,32,34). The molecule has 2 aliphatic heterocycles. The highest BCUT2D eigenvalue weighted by atomic mass is 32.1. The van der Waals surface area contributed by atoms with E-state index >= 15 is 0 Å². The lowest BCUT2D eigenvalue weighted by molar-refractivity contribution is -0.134. The van der Waals surface area contributed by atoms with Crippen LogP contribution >= 0.6 is 11.3 Å². The summed E-state index contributed by atoms with van der Waals surface area (Å²) in [6.45, 7) is 1.67. The molecule has 4 aromatic rings. The minimum atomic E-state index is -4.53. The lowest BCUT2D eigenvalue weighted by Gasteiger charge is -2.28. The second kappa shape index (κ2) is 10.2. The van der Waals surface area contributed by atoms with Crippen LogP contribution in [0.15, 0.2) is 70.1 Å². The number of hydrogen-bond acceptors (Lipinski definition) is 9. The van der Waals surface area contributed by atoms with Gasteiger partial charge in [-0.2, -0.15) is 13.2 Å². The number of nitrogens with one attached hydrogen (secondary N) is 2. The zero-order valence-corrected chi connectivity index (χ0v) is 21.1. The predicted molar refractivity (Wildman–Crippen MR) is 140 cm³/mol. The summed E-state index contributed by atoms with van der Waals surface area (Å²) in [4.78, 5) is 18.8. The fourth-order valence-corrected chi connectivity index (χ4v) is 5.43. The number of thiophene rings is 1. The molecule has 0 bridgehead atoms. The molecule has 6 rings (SSSR count). The van der Waals surface area contributed by atoms with E-state index in [2.05, 4.69) is 25.8 Å². The number of carbonyl (C=O) groups is 1. The van der Waals surface area contributed by atoms with E-state index in [1.165, 1.54) is 0 Å². The summed E-state index contributed by atoms with van der Waals surface area (Å²) in [5.74, 6) is -0.563. The van der Waals surface area contributed by atoms with Gasteiger partial charge >= 0.3 is 12.2 Å². The van der Waals surface area contributed by atoms with E-state index < -0.39 is 23.1 Å². The number of anilines is 3. The maximum Gasteiger partial charge on any atom is 0.425 e. The smallest absolute Gasteiger partial charge is 0.403 e. The van der Waals surface area contributed by atoms with E-state index in [-0.39, 0.29) is 17.5 Å². The van der Waals surface area contributed by atoms with E-state index in [1.54, 1.807) is 6.07 Å². The van der Waals surface area contributed by atoms with Crippen molar-refractivity contribution in [1.29, 1.82) is 0 Å². The molecule has 200 valence electrons. The van der Waals surface area contributed by atoms with Crippen LogP contribution in [0.1, 0.15) is 16.0 Å². The molecule has 0 radical (unpaired) electrons. The molecule has 1 unspecified atom stereocenters. The molecule has 2 aromatic carbocycles. The second-order valence-corrected chi connectivity index (χ2v) is 9.80. The number of halogens is 3. The van der Waals surface area contributed by atoms with Gasteiger partial charge in [-0.15, -0.1) is 16.4 Å². The van der Waals surface area contributed by atoms with Gasteiger partial charge in [0.1, 0.15) is 9.88 Å². The predicted octanol–water partition coefficient (Wildman–Crippen LogP) is 4.88. The normalized spacial score (nSPS) is 17.7. The minimum Gasteiger partial charge on any atom is -0.403 e. The minimum absolute atomic E-state index is 0.102. The summed E-state index contributed by atoms with van der Waals surface area (Å²) in [5, 5.41) is 14.0. The van der Waals surface area contributed by atoms with Gasteiger partial charge in [-0.05, 0) is 12.1 Å². The number of rotatable bonds is 5. The third-order valence-corrected chi connectivity index (χ3v) is 7.44. The molecule has 2 aromatic heterocycles. The number of fused-ring (bicyclic) bond motifs is 1. The molecule has 39 heavy (non-hydrogen) atoms. The Labute approximate surface area is 224 Å². The highest BCUT2D eigenvalue weighted by Crippen LogP contribution is 2.45. The Morgan fingerprint density at radius 3 is 2.51 bits per heavy atom. The number of carbonyl (C=O) groups excluding carboxylic acids is 1. The summed E-state index contributed by atoms with van der Waals surface area (Å²) < 4.78 is 51.8. The molecule has 0 aliphatic carbocycles. The molecule has 2 aliphatic rings. The fourth-order valence-electron chi connectivity index (χ4n) is 4.36. The van der Waals surface area contributed by atoms with E-state index in [4.69, 9.17) is 9.15 Å². The first kappa shape index (κ1) is 25.1. The van der Waals surface area contributed by atoms with Crippen molar-refractivity contribution in [2.24, 2.45) is 4.99 Å². The van der Waals surface area contributed by atoms with Crippen LogP contribution in [0.2, 0.25) is 0 Å². The first-order valence-corrected chi connectivity index (χ1v) is 12.9. The molecular formula is C26H21F3N6O3S. The Hall–Kier alpha value is -4.23. The van der Waals surface area contributed by atoms with Gasteiger partial charge in [-0.3, -0.25) is 4.79 Å². The zero-order chi connectivity index (χ0) is 27.0. The summed E-state index contributed by atoms with van der Waals surface area (Å²) in [6, 6.07) is 17.5. The van der Waals surface area contributed by atoms with Gasteiger partial charge in [-0.25, -0.2) is 4.99 Å². The number of ether oxygens (including phenoxy) is 1. The van der Waals surface area contributed by atoms with Crippen molar-refractivity contribution < 1.29 is 27.1 Å². The molecule has 0 saturated carbocycles. The lowest BCUT2D eigenvalue weighted by Crippen LogP contribution is -2.35. The number of alkyl halides is 3. The number of aliphatic imine (C=N–C) groups is 1. The van der Waals surface area contributed by atoms with Gasteiger partial charge in [0, 0.05) is 24.2 Å². The van der Waals surface area contributed by atoms with Gasteiger partial charge < -0.3 is 24.7 Å². The average Bonchev–Trinajstić information content (AvgIpc) is 3.57. The van der Waals surface area contributed by atoms with E-state index in [0.29, 0.717) is 54.0 Å². The number of morpholine rings is 1. The molecule has 1 atom stereocenters. The van der Waals surface area contributed by atoms with Crippen LogP contribution < -0.4 is 15.5 Å². The van der Waals surface area contributed by atoms with Crippen LogP contribution in [-0.2, 0) is 15.7 Å². The average molecular weight is 555 g/mol. The monoisotopic (exact) mass is 554 g/mol. The Morgan fingerprint density at radius 2 is 1.74 bits per heavy atom. The number of para-hydroxylation sites is 1. The van der Waals surface area contributed by atoms with Crippen LogP contribution in [0.5, 0.6) is 0 Å². The number of benzodiazepines with no additional fused rings is 1. The SMILES string of the molecule is O=C1Nc2ccccc2C(c2ccccc2)=NC1Nc1nnc(-c2cc(C(F)(F)F)sc2N2CCOCC2)o1. The molecule has 2 N–H and O–H groups in total. The van der Waals surface area contributed by atoms with Gasteiger partial charge in [0.05, 0.1) is 30.2 Å². The molecule has 9 nitrogen and oxygen atoms in total. The Balaban J connectivity index is 1.33. The van der Waals surface area contributed by atoms with E-state index in [9.17, 15) is 18.0 Å². The Morgan fingerprint density at radius 1 is 1.00 bits per heavy atom. The number of nitrogens with zero attached hydrogens (tertiary/aromatic N) is 4. The molecule has 13 heteroatoms. The zero-order valence-electron chi connectivity index (χ0n) is 20.2. The van der Waals surface area contributed by atoms with Crippen molar-refractivity contribution in [3.8, 4) is 11.5 Å². The second-order valence-electron chi connectivity index (χ2n) is 8.76. The Kier molecular flexibility index (Phi) is 6.53. The van der Waals surface area contributed by atoms with Crippen molar-refractivity contribution >= 4 is 39.7 Å². The van der Waals surface area contributed by atoms with E-state index in [1.807, 2.05) is 53.4 Å². The first-order valence-electron chi connectivity index (χ1n) is 12.0. The summed E-state index contributed by atoms with van der Waals surface area (Å²) in [7, 11) is 0. The Bertz CT molecular complexity index is 1530. The van der Waals surface area contributed by atoms with Gasteiger partial charge in [-0.1, -0.05) is 53.6 Å². The number of amides is 1. The van der Waals surface area contributed by atoms with Crippen molar-refractivity contribution in [2.45, 2.75) is 12.3 Å². The van der Waals surface area contributed by atoms with E-state index in [0.717, 1.165) is 17.2 Å². The number of aromatic nitrogens is 2. The van der Waals surface area contributed by atoms with Crippen LogP contribution in [0.25, 0.3) is 11.5 Å². The van der Waals surface area contributed by atoms with Crippen LogP contribution in [0.3, 0.4) is 0 Å². The summed E-state index contributed by atoms with van der Waals surface area (Å²) in [6.07, 6.45) is -5.67. The fraction of sp³-hybridized carbons (Fsp3) is 0.231. The number of hydrogen-bond donors (Lipinski definition) is 2. The molecule has 1 fully saturated rings. The molecule has 1 saturated heterocycles. The van der Waals surface area contributed by atoms with Crippen molar-refractivity contribution in [3.63, 3.8) is 0 Å². The highest BCUT2D eigenvalue weighted by Gasteiger charge is 2.36. The van der Waals surface area contributed by atoms with Crippen molar-refractivity contribution in [1.82, 2.24) is 10.2 Å². The quantitative estimate of drug-likeness (QED) is 0.362. The number of benzene rings is 2. The summed E-state index contributed by atoms with van der Waals surface area (Å²) >= 11 is 0.618. The van der Waals surface area contributed by atoms with Crippen LogP contribution in [0, 0.1) is 0 Å². The van der Waals surface area contributed by atoms with Crippen molar-refractivity contribution in [2.75, 3.05) is 41.8 Å². The summed E-state index contributed by atoms with van der Waals surface area (Å²) in [5.41, 5.74) is 2.87. The first-order chi connectivity index (χ1) is 18.9. The largest absolute Gasteiger partial charge is 0.425 e. The topological polar surface area (TPSA) is 105 Å². The van der Waals surface area contributed by atoms with Gasteiger partial charge in [0.15, 0.2) is 0 Å². The van der Waals surface area contributed by atoms with Gasteiger partial charge in [0.2, 0.25) is 6.17 Å².